The summed E-state index contributed by atoms with van der Waals surface area (Å²) in [4.78, 5) is 11.5. The third-order valence-corrected chi connectivity index (χ3v) is 7.29. The van der Waals surface area contributed by atoms with Crippen LogP contribution in [0.1, 0.15) is 40.0 Å². The molecule has 90 valence electrons. The van der Waals surface area contributed by atoms with Gasteiger partial charge in [-0.15, -0.1) is 0 Å². The van der Waals surface area contributed by atoms with Gasteiger partial charge in [-0.2, -0.15) is 0 Å². The molecule has 4 heteroatoms. The van der Waals surface area contributed by atoms with E-state index in [1.54, 1.807) is 0 Å². The third-order valence-electron chi connectivity index (χ3n) is 2.94. The number of unbranched alkanes of at least 4 members (excludes halogenated alkanes) is 1. The Morgan fingerprint density at radius 3 is 2.20 bits per heavy atom. The number of rotatable bonds is 5. The van der Waals surface area contributed by atoms with Crippen molar-refractivity contribution < 1.29 is 13.6 Å². The molecule has 0 heterocycles. The van der Waals surface area contributed by atoms with Crippen molar-refractivity contribution in [3.8, 4) is 0 Å². The summed E-state index contributed by atoms with van der Waals surface area (Å²) in [7, 11) is -1.97. The van der Waals surface area contributed by atoms with Crippen LogP contribution in [0.3, 0.4) is 0 Å². The molecular weight excluding hydrogens is 211 g/mol. The fourth-order valence-electron chi connectivity index (χ4n) is 0.853. The van der Waals surface area contributed by atoms with Crippen LogP contribution < -0.4 is 0 Å². The van der Waals surface area contributed by atoms with E-state index in [-0.39, 0.29) is 17.7 Å². The van der Waals surface area contributed by atoms with Gasteiger partial charge in [-0.25, -0.2) is 0 Å². The van der Waals surface area contributed by atoms with Crippen LogP contribution in [0.2, 0.25) is 18.1 Å². The zero-order valence-electron chi connectivity index (χ0n) is 10.5. The van der Waals surface area contributed by atoms with E-state index in [9.17, 15) is 9.18 Å². The lowest BCUT2D eigenvalue weighted by Crippen LogP contribution is -2.42. The molecule has 2 nitrogen and oxygen atoms in total. The summed E-state index contributed by atoms with van der Waals surface area (Å²) >= 11 is 0. The second-order valence-electron chi connectivity index (χ2n) is 5.38. The Morgan fingerprint density at radius 1 is 1.27 bits per heavy atom. The number of carbonyl (C=O) groups excluding carboxylic acids is 1. The fraction of sp³-hybridized carbons (Fsp3) is 0.909. The van der Waals surface area contributed by atoms with Crippen molar-refractivity contribution in [1.29, 1.82) is 0 Å². The molecule has 0 aromatic heterocycles. The van der Waals surface area contributed by atoms with E-state index in [4.69, 9.17) is 4.43 Å². The summed E-state index contributed by atoms with van der Waals surface area (Å²) in [6.07, 6.45) is 1.38. The largest absolute Gasteiger partial charge is 0.519 e. The van der Waals surface area contributed by atoms with E-state index in [0.717, 1.165) is 0 Å². The molecule has 0 saturated heterocycles. The van der Waals surface area contributed by atoms with Crippen molar-refractivity contribution in [2.45, 2.75) is 58.2 Å². The predicted octanol–water partition coefficient (Wildman–Crippen LogP) is 3.67. The van der Waals surface area contributed by atoms with Crippen LogP contribution in [0.4, 0.5) is 4.39 Å². The Hall–Kier alpha value is -0.383. The highest BCUT2D eigenvalue weighted by molar-refractivity contribution is 6.75. The maximum absolute atomic E-state index is 11.8. The number of alkyl halides is 1. The minimum atomic E-state index is -1.97. The summed E-state index contributed by atoms with van der Waals surface area (Å²) < 4.78 is 17.4. The summed E-state index contributed by atoms with van der Waals surface area (Å²) in [5, 5.41) is 0.0444. The topological polar surface area (TPSA) is 26.3 Å². The molecule has 0 aromatic rings. The Balaban J connectivity index is 4.06. The standard InChI is InChI=1S/C11H23FO2Si/c1-11(2,3)15(4,5)14-10(13)8-6-7-9-12/h6-9H2,1-5H3. The first-order valence-electron chi connectivity index (χ1n) is 5.48. The second-order valence-corrected chi connectivity index (χ2v) is 10.1. The number of hydrogen-bond acceptors (Lipinski definition) is 2. The minimum Gasteiger partial charge on any atom is -0.519 e. The number of carbonyl (C=O) groups is 1. The zero-order valence-corrected chi connectivity index (χ0v) is 11.5. The van der Waals surface area contributed by atoms with Gasteiger partial charge < -0.3 is 4.43 Å². The lowest BCUT2D eigenvalue weighted by Gasteiger charge is -2.35. The van der Waals surface area contributed by atoms with Crippen molar-refractivity contribution in [3.05, 3.63) is 0 Å². The predicted molar refractivity (Wildman–Crippen MR) is 63.1 cm³/mol. The Kier molecular flexibility index (Phi) is 5.49. The Bertz CT molecular complexity index is 209. The third kappa shape index (κ3) is 5.30. The molecule has 0 spiro atoms. The molecule has 0 atom stereocenters. The van der Waals surface area contributed by atoms with Gasteiger partial charge in [0.2, 0.25) is 0 Å². The zero-order chi connectivity index (χ0) is 12.1. The molecule has 0 N–H and O–H groups in total. The molecule has 0 fully saturated rings. The lowest BCUT2D eigenvalue weighted by molar-refractivity contribution is -0.135. The molecule has 0 aliphatic rings. The molecule has 0 amide bonds. The minimum absolute atomic E-state index is 0.0444. The van der Waals surface area contributed by atoms with E-state index in [0.29, 0.717) is 19.3 Å². The van der Waals surface area contributed by atoms with Crippen LogP contribution in [0, 0.1) is 0 Å². The first-order chi connectivity index (χ1) is 6.70. The molecule has 0 rings (SSSR count). The van der Waals surface area contributed by atoms with Crippen LogP contribution in [-0.2, 0) is 9.22 Å². The van der Waals surface area contributed by atoms with Crippen LogP contribution >= 0.6 is 0 Å². The van der Waals surface area contributed by atoms with Crippen LogP contribution in [0.5, 0.6) is 0 Å². The molecule has 0 aliphatic heterocycles. The summed E-state index contributed by atoms with van der Waals surface area (Å²) in [6, 6.07) is 0. The fourth-order valence-corrected chi connectivity index (χ4v) is 1.83. The molecule has 0 aromatic carbocycles. The lowest BCUT2D eigenvalue weighted by atomic mass is 10.2. The van der Waals surface area contributed by atoms with E-state index >= 15 is 0 Å². The molecular formula is C11H23FO2Si. The molecule has 0 saturated carbocycles. The van der Waals surface area contributed by atoms with Gasteiger partial charge >= 0.3 is 0 Å². The average molecular weight is 234 g/mol. The van der Waals surface area contributed by atoms with Crippen LogP contribution in [0.25, 0.3) is 0 Å². The van der Waals surface area contributed by atoms with Crippen molar-refractivity contribution >= 4 is 14.3 Å². The van der Waals surface area contributed by atoms with Gasteiger partial charge in [-0.1, -0.05) is 20.8 Å². The quantitative estimate of drug-likeness (QED) is 0.536. The van der Waals surface area contributed by atoms with E-state index < -0.39 is 8.32 Å². The highest BCUT2D eigenvalue weighted by atomic mass is 28.4. The van der Waals surface area contributed by atoms with Crippen LogP contribution in [-0.4, -0.2) is 21.0 Å². The van der Waals surface area contributed by atoms with E-state index in [1.807, 2.05) is 13.1 Å². The maximum atomic E-state index is 11.8. The molecule has 0 radical (unpaired) electrons. The summed E-state index contributed by atoms with van der Waals surface area (Å²) in [5.74, 6) is -0.171. The van der Waals surface area contributed by atoms with Gasteiger partial charge in [0.05, 0.1) is 6.67 Å². The smallest absolute Gasteiger partial charge is 0.292 e. The molecule has 0 unspecified atom stereocenters. The first kappa shape index (κ1) is 14.6. The van der Waals surface area contributed by atoms with Crippen molar-refractivity contribution in [1.82, 2.24) is 0 Å². The van der Waals surface area contributed by atoms with Crippen molar-refractivity contribution in [3.63, 3.8) is 0 Å². The second kappa shape index (κ2) is 5.63. The van der Waals surface area contributed by atoms with Gasteiger partial charge in [-0.05, 0) is 31.0 Å². The summed E-state index contributed by atoms with van der Waals surface area (Å²) in [5.41, 5.74) is 0. The molecule has 0 bridgehead atoms. The molecule has 15 heavy (non-hydrogen) atoms. The van der Waals surface area contributed by atoms with Gasteiger partial charge in [0, 0.05) is 6.42 Å². The number of halogens is 1. The number of hydrogen-bond donors (Lipinski definition) is 0. The van der Waals surface area contributed by atoms with Gasteiger partial charge in [0.25, 0.3) is 14.3 Å². The Morgan fingerprint density at radius 2 is 1.80 bits per heavy atom. The average Bonchev–Trinajstić information content (AvgIpc) is 2.01. The first-order valence-corrected chi connectivity index (χ1v) is 8.39. The van der Waals surface area contributed by atoms with Gasteiger partial charge in [0.15, 0.2) is 0 Å². The van der Waals surface area contributed by atoms with Gasteiger partial charge in [-0.3, -0.25) is 9.18 Å². The van der Waals surface area contributed by atoms with Crippen molar-refractivity contribution in [2.75, 3.05) is 6.67 Å². The Labute approximate surface area is 93.3 Å². The van der Waals surface area contributed by atoms with Crippen molar-refractivity contribution in [2.24, 2.45) is 0 Å². The highest BCUT2D eigenvalue weighted by Gasteiger charge is 2.40. The van der Waals surface area contributed by atoms with E-state index in [1.165, 1.54) is 0 Å². The SMILES string of the molecule is CC(C)(C)[Si](C)(C)OC(=O)CCCCF. The van der Waals surface area contributed by atoms with Gasteiger partial charge in [0.1, 0.15) is 0 Å². The highest BCUT2D eigenvalue weighted by Crippen LogP contribution is 2.36. The molecule has 0 aliphatic carbocycles. The normalized spacial score (nSPS) is 12.7. The maximum Gasteiger partial charge on any atom is 0.292 e. The van der Waals surface area contributed by atoms with E-state index in [2.05, 4.69) is 20.8 Å². The van der Waals surface area contributed by atoms with Crippen LogP contribution in [0.15, 0.2) is 0 Å². The summed E-state index contributed by atoms with van der Waals surface area (Å²) in [6.45, 7) is 10.0. The monoisotopic (exact) mass is 234 g/mol.